The van der Waals surface area contributed by atoms with Crippen molar-refractivity contribution >= 4 is 5.78 Å². The molecule has 0 heterocycles. The maximum atomic E-state index is 12.1. The van der Waals surface area contributed by atoms with Crippen LogP contribution in [0.1, 0.15) is 46.5 Å². The minimum absolute atomic E-state index is 0.111. The van der Waals surface area contributed by atoms with Crippen LogP contribution in [0.5, 0.6) is 0 Å². The average Bonchev–Trinajstić information content (AvgIpc) is 2.15. The maximum Gasteiger partial charge on any atom is 0.140 e. The number of Topliss-reactive ketones (excluding diaryl/α,β-unsaturated/α-hetero) is 1. The van der Waals surface area contributed by atoms with Gasteiger partial charge >= 0.3 is 0 Å². The monoisotopic (exact) mass is 218 g/mol. The molecule has 0 spiro atoms. The number of hydrogen-bond acceptors (Lipinski definition) is 1. The SMILES string of the molecule is C=C(C)C1CC2C(C)=CCCC2(C)CC1=O. The first kappa shape index (κ1) is 11.6. The van der Waals surface area contributed by atoms with E-state index in [1.807, 2.05) is 6.92 Å². The largest absolute Gasteiger partial charge is 0.299 e. The maximum absolute atomic E-state index is 12.1. The van der Waals surface area contributed by atoms with Crippen LogP contribution in [0, 0.1) is 17.3 Å². The summed E-state index contributed by atoms with van der Waals surface area (Å²) in [7, 11) is 0. The van der Waals surface area contributed by atoms with Crippen LogP contribution in [0.2, 0.25) is 0 Å². The summed E-state index contributed by atoms with van der Waals surface area (Å²) in [5.74, 6) is 1.13. The van der Waals surface area contributed by atoms with E-state index in [4.69, 9.17) is 0 Å². The third-order valence-corrected chi connectivity index (χ3v) is 4.61. The highest BCUT2D eigenvalue weighted by Crippen LogP contribution is 2.51. The molecule has 3 atom stereocenters. The molecule has 1 heteroatoms. The Labute approximate surface area is 98.6 Å². The first-order valence-corrected chi connectivity index (χ1v) is 6.29. The second-order valence-corrected chi connectivity index (χ2v) is 5.97. The van der Waals surface area contributed by atoms with Gasteiger partial charge in [-0.05, 0) is 44.4 Å². The van der Waals surface area contributed by atoms with E-state index in [0.717, 1.165) is 24.8 Å². The Balaban J connectivity index is 2.29. The molecule has 0 aromatic rings. The van der Waals surface area contributed by atoms with E-state index in [2.05, 4.69) is 26.5 Å². The van der Waals surface area contributed by atoms with Crippen LogP contribution in [0.4, 0.5) is 0 Å². The van der Waals surface area contributed by atoms with Gasteiger partial charge in [0.25, 0.3) is 0 Å². The summed E-state index contributed by atoms with van der Waals surface area (Å²) in [4.78, 5) is 12.1. The van der Waals surface area contributed by atoms with Gasteiger partial charge in [0.15, 0.2) is 0 Å². The molecule has 0 radical (unpaired) electrons. The molecule has 2 aliphatic carbocycles. The van der Waals surface area contributed by atoms with E-state index < -0.39 is 0 Å². The Hall–Kier alpha value is -0.850. The van der Waals surface area contributed by atoms with Gasteiger partial charge in [-0.15, -0.1) is 0 Å². The van der Waals surface area contributed by atoms with Gasteiger partial charge in [-0.3, -0.25) is 4.79 Å². The zero-order valence-corrected chi connectivity index (χ0v) is 10.7. The van der Waals surface area contributed by atoms with Crippen molar-refractivity contribution in [1.82, 2.24) is 0 Å². The third-order valence-electron chi connectivity index (χ3n) is 4.61. The Morgan fingerprint density at radius 2 is 2.25 bits per heavy atom. The lowest BCUT2D eigenvalue weighted by molar-refractivity contribution is -0.129. The highest BCUT2D eigenvalue weighted by molar-refractivity contribution is 5.85. The molecule has 0 N–H and O–H groups in total. The zero-order valence-electron chi connectivity index (χ0n) is 10.7. The van der Waals surface area contributed by atoms with Gasteiger partial charge in [-0.1, -0.05) is 30.7 Å². The van der Waals surface area contributed by atoms with Gasteiger partial charge in [0, 0.05) is 12.3 Å². The minimum atomic E-state index is 0.111. The highest BCUT2D eigenvalue weighted by atomic mass is 16.1. The lowest BCUT2D eigenvalue weighted by Crippen LogP contribution is -2.42. The van der Waals surface area contributed by atoms with Gasteiger partial charge in [0.05, 0.1) is 0 Å². The van der Waals surface area contributed by atoms with Crippen LogP contribution < -0.4 is 0 Å². The smallest absolute Gasteiger partial charge is 0.140 e. The molecule has 0 aliphatic heterocycles. The van der Waals surface area contributed by atoms with Gasteiger partial charge < -0.3 is 0 Å². The third kappa shape index (κ3) is 1.77. The van der Waals surface area contributed by atoms with Gasteiger partial charge in [-0.2, -0.15) is 0 Å². The topological polar surface area (TPSA) is 17.1 Å². The molecule has 0 amide bonds. The summed E-state index contributed by atoms with van der Waals surface area (Å²) < 4.78 is 0. The van der Waals surface area contributed by atoms with Gasteiger partial charge in [0.1, 0.15) is 5.78 Å². The second-order valence-electron chi connectivity index (χ2n) is 5.97. The van der Waals surface area contributed by atoms with Crippen molar-refractivity contribution in [3.8, 4) is 0 Å². The van der Waals surface area contributed by atoms with Gasteiger partial charge in [0.2, 0.25) is 0 Å². The lowest BCUT2D eigenvalue weighted by atomic mass is 9.57. The van der Waals surface area contributed by atoms with Crippen molar-refractivity contribution in [1.29, 1.82) is 0 Å². The van der Waals surface area contributed by atoms with Crippen LogP contribution in [0.15, 0.2) is 23.8 Å². The van der Waals surface area contributed by atoms with Crippen LogP contribution in [-0.2, 0) is 4.79 Å². The molecule has 0 aromatic heterocycles. The molecule has 88 valence electrons. The number of hydrogen-bond donors (Lipinski definition) is 0. The summed E-state index contributed by atoms with van der Waals surface area (Å²) in [5, 5.41) is 0. The van der Waals surface area contributed by atoms with Crippen LogP contribution in [0.3, 0.4) is 0 Å². The summed E-state index contributed by atoms with van der Waals surface area (Å²) >= 11 is 0. The molecular formula is C15H22O. The Kier molecular flexibility index (Phi) is 2.81. The summed E-state index contributed by atoms with van der Waals surface area (Å²) in [6.07, 6.45) is 6.42. The standard InChI is InChI=1S/C15H22O/c1-10(2)12-8-13-11(3)6-5-7-15(13,4)9-14(12)16/h6,12-13H,1,5,7-9H2,2-4H3. The summed E-state index contributed by atoms with van der Waals surface area (Å²) in [5.41, 5.74) is 2.76. The van der Waals surface area contributed by atoms with Crippen molar-refractivity contribution in [2.75, 3.05) is 0 Å². The van der Waals surface area contributed by atoms with Crippen molar-refractivity contribution < 1.29 is 4.79 Å². The molecule has 0 aromatic carbocycles. The van der Waals surface area contributed by atoms with E-state index in [-0.39, 0.29) is 11.3 Å². The van der Waals surface area contributed by atoms with Crippen LogP contribution >= 0.6 is 0 Å². The molecule has 2 aliphatic rings. The number of rotatable bonds is 1. The molecule has 0 saturated heterocycles. The highest BCUT2D eigenvalue weighted by Gasteiger charge is 2.45. The molecular weight excluding hydrogens is 196 g/mol. The Bertz CT molecular complexity index is 364. The zero-order chi connectivity index (χ0) is 11.9. The first-order valence-electron chi connectivity index (χ1n) is 6.29. The van der Waals surface area contributed by atoms with E-state index in [9.17, 15) is 4.79 Å². The van der Waals surface area contributed by atoms with E-state index >= 15 is 0 Å². The van der Waals surface area contributed by atoms with Crippen LogP contribution in [0.25, 0.3) is 0 Å². The quantitative estimate of drug-likeness (QED) is 0.610. The normalized spacial score (nSPS) is 38.9. The number of ketones is 1. The lowest BCUT2D eigenvalue weighted by Gasteiger charge is -2.46. The number of carbonyl (C=O) groups is 1. The van der Waals surface area contributed by atoms with E-state index in [1.165, 1.54) is 12.0 Å². The minimum Gasteiger partial charge on any atom is -0.299 e. The molecule has 0 bridgehead atoms. The summed E-state index contributed by atoms with van der Waals surface area (Å²) in [6, 6.07) is 0. The molecule has 1 saturated carbocycles. The predicted octanol–water partition coefficient (Wildman–Crippen LogP) is 3.90. The fraction of sp³-hybridized carbons (Fsp3) is 0.667. The number of fused-ring (bicyclic) bond motifs is 1. The van der Waals surface area contributed by atoms with Crippen molar-refractivity contribution in [3.63, 3.8) is 0 Å². The number of carbonyl (C=O) groups excluding carboxylic acids is 1. The Morgan fingerprint density at radius 1 is 1.56 bits per heavy atom. The average molecular weight is 218 g/mol. The van der Waals surface area contributed by atoms with E-state index in [1.54, 1.807) is 0 Å². The first-order chi connectivity index (χ1) is 7.44. The molecule has 1 nitrogen and oxygen atoms in total. The Morgan fingerprint density at radius 3 is 2.88 bits per heavy atom. The fourth-order valence-corrected chi connectivity index (χ4v) is 3.54. The molecule has 1 fully saturated rings. The van der Waals surface area contributed by atoms with Crippen molar-refractivity contribution in [2.45, 2.75) is 46.5 Å². The van der Waals surface area contributed by atoms with Crippen molar-refractivity contribution in [3.05, 3.63) is 23.8 Å². The fourth-order valence-electron chi connectivity index (χ4n) is 3.54. The van der Waals surface area contributed by atoms with Crippen LogP contribution in [-0.4, -0.2) is 5.78 Å². The predicted molar refractivity (Wildman–Crippen MR) is 67.1 cm³/mol. The van der Waals surface area contributed by atoms with E-state index in [0.29, 0.717) is 11.7 Å². The van der Waals surface area contributed by atoms with Gasteiger partial charge in [-0.25, -0.2) is 0 Å². The van der Waals surface area contributed by atoms with Crippen molar-refractivity contribution in [2.24, 2.45) is 17.3 Å². The molecule has 2 rings (SSSR count). The number of allylic oxidation sites excluding steroid dienone is 3. The summed E-state index contributed by atoms with van der Waals surface area (Å²) in [6.45, 7) is 10.5. The molecule has 3 unspecified atom stereocenters. The molecule has 16 heavy (non-hydrogen) atoms. The second kappa shape index (κ2) is 3.87.